The lowest BCUT2D eigenvalue weighted by molar-refractivity contribution is -0.144. The van der Waals surface area contributed by atoms with Crippen molar-refractivity contribution in [3.8, 4) is 0 Å². The molecule has 1 fully saturated rings. The lowest BCUT2D eigenvalue weighted by Crippen LogP contribution is -2.64. The molecule has 1 aromatic carbocycles. The molecular formula is C18H27N3O4S. The molecule has 1 aromatic rings. The summed E-state index contributed by atoms with van der Waals surface area (Å²) in [6.07, 6.45) is 1.18. The molecule has 0 saturated carbocycles. The highest BCUT2D eigenvalue weighted by atomic mass is 32.2. The van der Waals surface area contributed by atoms with Crippen molar-refractivity contribution in [2.45, 2.75) is 51.0 Å². The predicted octanol–water partition coefficient (Wildman–Crippen LogP) is 2.06. The molecular weight excluding hydrogens is 354 g/mol. The predicted molar refractivity (Wildman–Crippen MR) is 100 cm³/mol. The summed E-state index contributed by atoms with van der Waals surface area (Å²) >= 11 is 0. The summed E-state index contributed by atoms with van der Waals surface area (Å²) in [5, 5.41) is 2.68. The van der Waals surface area contributed by atoms with Gasteiger partial charge >= 0.3 is 0 Å². The summed E-state index contributed by atoms with van der Waals surface area (Å²) in [4.78, 5) is 26.0. The zero-order chi connectivity index (χ0) is 19.5. The van der Waals surface area contributed by atoms with Gasteiger partial charge < -0.3 is 10.2 Å². The highest BCUT2D eigenvalue weighted by Crippen LogP contribution is 2.30. The molecule has 7 nitrogen and oxygen atoms in total. The van der Waals surface area contributed by atoms with E-state index < -0.39 is 15.6 Å². The number of hydrogen-bond donors (Lipinski definition) is 1. The Kier molecular flexibility index (Phi) is 6.08. The summed E-state index contributed by atoms with van der Waals surface area (Å²) in [5.41, 5.74) is -0.597. The smallest absolute Gasteiger partial charge is 0.244 e. The van der Waals surface area contributed by atoms with Gasteiger partial charge in [0.2, 0.25) is 21.8 Å². The van der Waals surface area contributed by atoms with Gasteiger partial charge in [-0.2, -0.15) is 4.31 Å². The molecule has 1 N–H and O–H groups in total. The Morgan fingerprint density at radius 1 is 1.15 bits per heavy atom. The lowest BCUT2D eigenvalue weighted by Gasteiger charge is -2.44. The Labute approximate surface area is 155 Å². The second-order valence-electron chi connectivity index (χ2n) is 6.85. The van der Waals surface area contributed by atoms with Crippen molar-refractivity contribution in [3.63, 3.8) is 0 Å². The van der Waals surface area contributed by atoms with Crippen LogP contribution in [0.2, 0.25) is 0 Å². The Hall–Kier alpha value is -1.93. The molecule has 1 aliphatic rings. The second-order valence-corrected chi connectivity index (χ2v) is 8.72. The van der Waals surface area contributed by atoms with Crippen LogP contribution in [0.3, 0.4) is 0 Å². The molecule has 0 atom stereocenters. The van der Waals surface area contributed by atoms with E-state index in [4.69, 9.17) is 0 Å². The average Bonchev–Trinajstić information content (AvgIpc) is 2.59. The summed E-state index contributed by atoms with van der Waals surface area (Å²) in [7, 11) is -3.82. The third-order valence-electron chi connectivity index (χ3n) is 4.55. The molecule has 0 radical (unpaired) electrons. The normalized spacial score (nSPS) is 18.0. The molecule has 0 aromatic heterocycles. The van der Waals surface area contributed by atoms with Gasteiger partial charge in [0.1, 0.15) is 5.54 Å². The maximum atomic E-state index is 13.1. The average molecular weight is 381 g/mol. The fraction of sp³-hybridized carbons (Fsp3) is 0.556. The van der Waals surface area contributed by atoms with Crippen LogP contribution in [0.5, 0.6) is 0 Å². The fourth-order valence-corrected chi connectivity index (χ4v) is 4.81. The summed E-state index contributed by atoms with van der Waals surface area (Å²) in [5.74, 6) is -0.319. The van der Waals surface area contributed by atoms with E-state index in [2.05, 4.69) is 5.32 Å². The van der Waals surface area contributed by atoms with Crippen molar-refractivity contribution in [1.29, 1.82) is 0 Å². The molecule has 8 heteroatoms. The van der Waals surface area contributed by atoms with Crippen molar-refractivity contribution in [3.05, 3.63) is 24.3 Å². The number of nitrogens with zero attached hydrogens (tertiary/aromatic N) is 2. The minimum absolute atomic E-state index is 0.108. The number of carbonyl (C=O) groups excluding carboxylic acids is 2. The van der Waals surface area contributed by atoms with E-state index in [1.54, 1.807) is 37.8 Å². The molecule has 2 rings (SSSR count). The summed E-state index contributed by atoms with van der Waals surface area (Å²) < 4.78 is 27.4. The van der Waals surface area contributed by atoms with Gasteiger partial charge in [-0.05, 0) is 44.5 Å². The van der Waals surface area contributed by atoms with Crippen LogP contribution in [0.4, 0.5) is 5.69 Å². The number of anilines is 1. The Bertz CT molecular complexity index is 772. The van der Waals surface area contributed by atoms with Gasteiger partial charge in [-0.25, -0.2) is 8.42 Å². The van der Waals surface area contributed by atoms with E-state index in [0.29, 0.717) is 25.2 Å². The molecule has 0 unspecified atom stereocenters. The number of benzene rings is 1. The van der Waals surface area contributed by atoms with Crippen LogP contribution in [-0.2, 0) is 19.6 Å². The number of piperazine rings is 1. The van der Waals surface area contributed by atoms with Gasteiger partial charge in [-0.15, -0.1) is 0 Å². The zero-order valence-electron chi connectivity index (χ0n) is 15.8. The Morgan fingerprint density at radius 3 is 2.31 bits per heavy atom. The number of amides is 2. The number of carbonyl (C=O) groups is 2. The van der Waals surface area contributed by atoms with Crippen molar-refractivity contribution < 1.29 is 18.0 Å². The van der Waals surface area contributed by atoms with E-state index in [1.807, 2.05) is 6.92 Å². The number of nitrogens with one attached hydrogen (secondary N) is 1. The van der Waals surface area contributed by atoms with Gasteiger partial charge in [0.25, 0.3) is 0 Å². The molecule has 0 bridgehead atoms. The van der Waals surface area contributed by atoms with Crippen LogP contribution >= 0.6 is 0 Å². The molecule has 2 amide bonds. The third kappa shape index (κ3) is 3.91. The fourth-order valence-electron chi connectivity index (χ4n) is 3.08. The molecule has 26 heavy (non-hydrogen) atoms. The zero-order valence-corrected chi connectivity index (χ0v) is 16.6. The summed E-state index contributed by atoms with van der Waals surface area (Å²) in [6, 6.07) is 6.03. The lowest BCUT2D eigenvalue weighted by atomic mass is 10.0. The largest absolute Gasteiger partial charge is 0.340 e. The second kappa shape index (κ2) is 7.75. The highest BCUT2D eigenvalue weighted by Gasteiger charge is 2.47. The van der Waals surface area contributed by atoms with Crippen molar-refractivity contribution in [2.24, 2.45) is 0 Å². The van der Waals surface area contributed by atoms with E-state index in [0.717, 1.165) is 6.42 Å². The van der Waals surface area contributed by atoms with E-state index in [9.17, 15) is 18.0 Å². The first-order valence-corrected chi connectivity index (χ1v) is 10.3. The molecule has 144 valence electrons. The van der Waals surface area contributed by atoms with Crippen LogP contribution in [-0.4, -0.2) is 54.6 Å². The van der Waals surface area contributed by atoms with Gasteiger partial charge in [-0.1, -0.05) is 13.8 Å². The van der Waals surface area contributed by atoms with Crippen LogP contribution < -0.4 is 5.32 Å². The standard InChI is InChI=1S/C18H27N3O4S/c1-5-11-20-12-13-21(18(3,4)17(20)23)26(24,25)15-9-7-14(8-10-15)19-16(22)6-2/h7-10H,5-6,11-13H2,1-4H3,(H,19,22). The maximum Gasteiger partial charge on any atom is 0.244 e. The molecule has 0 aliphatic carbocycles. The molecule has 1 aliphatic heterocycles. The minimum Gasteiger partial charge on any atom is -0.340 e. The maximum absolute atomic E-state index is 13.1. The van der Waals surface area contributed by atoms with Crippen molar-refractivity contribution >= 4 is 27.5 Å². The van der Waals surface area contributed by atoms with Crippen LogP contribution in [0.1, 0.15) is 40.5 Å². The van der Waals surface area contributed by atoms with Crippen LogP contribution in [0.25, 0.3) is 0 Å². The topological polar surface area (TPSA) is 86.8 Å². The molecule has 0 spiro atoms. The van der Waals surface area contributed by atoms with Crippen molar-refractivity contribution in [2.75, 3.05) is 25.0 Å². The first-order valence-electron chi connectivity index (χ1n) is 8.86. The minimum atomic E-state index is -3.82. The van der Waals surface area contributed by atoms with Gasteiger partial charge in [0.05, 0.1) is 4.90 Å². The van der Waals surface area contributed by atoms with Crippen LogP contribution in [0, 0.1) is 0 Å². The number of rotatable bonds is 6. The molecule has 1 heterocycles. The Balaban J connectivity index is 2.26. The quantitative estimate of drug-likeness (QED) is 0.817. The van der Waals surface area contributed by atoms with Gasteiger partial charge in [-0.3, -0.25) is 9.59 Å². The summed E-state index contributed by atoms with van der Waals surface area (Å²) in [6.45, 7) is 8.29. The van der Waals surface area contributed by atoms with E-state index >= 15 is 0 Å². The SMILES string of the molecule is CCCN1CCN(S(=O)(=O)c2ccc(NC(=O)CC)cc2)C(C)(C)C1=O. The highest BCUT2D eigenvalue weighted by molar-refractivity contribution is 7.89. The van der Waals surface area contributed by atoms with E-state index in [1.165, 1.54) is 16.4 Å². The van der Waals surface area contributed by atoms with Crippen molar-refractivity contribution in [1.82, 2.24) is 9.21 Å². The van der Waals surface area contributed by atoms with Gasteiger partial charge in [0, 0.05) is 31.7 Å². The third-order valence-corrected chi connectivity index (χ3v) is 6.63. The first kappa shape index (κ1) is 20.4. The molecule has 1 saturated heterocycles. The van der Waals surface area contributed by atoms with E-state index in [-0.39, 0.29) is 23.3 Å². The first-order chi connectivity index (χ1) is 12.1. The van der Waals surface area contributed by atoms with Crippen LogP contribution in [0.15, 0.2) is 29.2 Å². The number of hydrogen-bond acceptors (Lipinski definition) is 4. The number of sulfonamides is 1. The monoisotopic (exact) mass is 381 g/mol. The van der Waals surface area contributed by atoms with Gasteiger partial charge in [0.15, 0.2) is 0 Å². The Morgan fingerprint density at radius 2 is 1.77 bits per heavy atom.